The second kappa shape index (κ2) is 9.56. The highest BCUT2D eigenvalue weighted by atomic mass is 16.6. The molecule has 0 radical (unpaired) electrons. The number of benzene rings is 2. The summed E-state index contributed by atoms with van der Waals surface area (Å²) in [6, 6.07) is 17.0. The van der Waals surface area contributed by atoms with Gasteiger partial charge in [0.05, 0.1) is 6.61 Å². The molecule has 6 nitrogen and oxygen atoms in total. The number of hydrogen-bond acceptors (Lipinski definition) is 4. The number of amides is 1. The molecule has 2 aromatic rings. The van der Waals surface area contributed by atoms with Gasteiger partial charge in [0.2, 0.25) is 5.91 Å². The fraction of sp³-hybridized carbons (Fsp3) is 0.263. The van der Waals surface area contributed by atoms with Gasteiger partial charge in [0.25, 0.3) is 0 Å². The second-order valence-corrected chi connectivity index (χ2v) is 5.70. The first-order valence-electron chi connectivity index (χ1n) is 8.04. The van der Waals surface area contributed by atoms with Crippen LogP contribution in [-0.2, 0) is 27.5 Å². The maximum atomic E-state index is 12.2. The Hall–Kier alpha value is -2.70. The quantitative estimate of drug-likeness (QED) is 0.606. The molecule has 1 amide bonds. The van der Waals surface area contributed by atoms with Gasteiger partial charge in [-0.1, -0.05) is 60.7 Å². The molecule has 0 aliphatic rings. The third-order valence-corrected chi connectivity index (χ3v) is 3.63. The minimum atomic E-state index is -1.07. The van der Waals surface area contributed by atoms with Gasteiger partial charge >= 0.3 is 5.97 Å². The minimum absolute atomic E-state index is 0.222. The van der Waals surface area contributed by atoms with Crippen molar-refractivity contribution in [2.75, 3.05) is 0 Å². The summed E-state index contributed by atoms with van der Waals surface area (Å²) in [5.41, 5.74) is 4.45. The van der Waals surface area contributed by atoms with E-state index in [4.69, 9.17) is 4.84 Å². The fourth-order valence-corrected chi connectivity index (χ4v) is 2.22. The van der Waals surface area contributed by atoms with E-state index in [1.54, 1.807) is 6.92 Å². The molecule has 132 valence electrons. The monoisotopic (exact) mass is 342 g/mol. The van der Waals surface area contributed by atoms with Gasteiger partial charge in [0.1, 0.15) is 12.1 Å². The zero-order valence-electron chi connectivity index (χ0n) is 14.0. The molecule has 0 saturated heterocycles. The van der Waals surface area contributed by atoms with E-state index in [-0.39, 0.29) is 6.42 Å². The van der Waals surface area contributed by atoms with Crippen LogP contribution in [0, 0.1) is 0 Å². The summed E-state index contributed by atoms with van der Waals surface area (Å²) in [5.74, 6) is -1.51. The Morgan fingerprint density at radius 3 is 2.12 bits per heavy atom. The zero-order valence-corrected chi connectivity index (χ0v) is 14.0. The summed E-state index contributed by atoms with van der Waals surface area (Å²) in [7, 11) is 0. The van der Waals surface area contributed by atoms with Crippen molar-refractivity contribution in [3.63, 3.8) is 0 Å². The van der Waals surface area contributed by atoms with Gasteiger partial charge in [-0.25, -0.2) is 4.79 Å². The highest BCUT2D eigenvalue weighted by Gasteiger charge is 2.23. The number of carboxylic acid groups (broad SMARTS) is 1. The molecule has 0 aromatic heterocycles. The van der Waals surface area contributed by atoms with Gasteiger partial charge in [-0.15, -0.1) is 0 Å². The predicted molar refractivity (Wildman–Crippen MR) is 93.5 cm³/mol. The molecule has 2 atom stereocenters. The Bertz CT molecular complexity index is 676. The van der Waals surface area contributed by atoms with Crippen molar-refractivity contribution in [2.24, 2.45) is 0 Å². The molecule has 0 aliphatic heterocycles. The van der Waals surface area contributed by atoms with Crippen molar-refractivity contribution in [1.29, 1.82) is 0 Å². The van der Waals surface area contributed by atoms with Gasteiger partial charge in [-0.05, 0) is 18.1 Å². The first-order chi connectivity index (χ1) is 12.1. The molecular weight excluding hydrogens is 320 g/mol. The van der Waals surface area contributed by atoms with Crippen LogP contribution >= 0.6 is 0 Å². The van der Waals surface area contributed by atoms with Gasteiger partial charge in [0, 0.05) is 6.42 Å². The first-order valence-corrected chi connectivity index (χ1v) is 8.04. The molecule has 0 bridgehead atoms. The Labute approximate surface area is 146 Å². The molecule has 2 rings (SSSR count). The molecule has 0 saturated carbocycles. The number of nitrogens with one attached hydrogen (secondary N) is 2. The van der Waals surface area contributed by atoms with Crippen LogP contribution in [0.15, 0.2) is 60.7 Å². The summed E-state index contributed by atoms with van der Waals surface area (Å²) in [4.78, 5) is 28.9. The number of rotatable bonds is 9. The van der Waals surface area contributed by atoms with E-state index in [9.17, 15) is 14.7 Å². The molecule has 25 heavy (non-hydrogen) atoms. The third-order valence-electron chi connectivity index (χ3n) is 3.63. The van der Waals surface area contributed by atoms with Crippen LogP contribution in [0.1, 0.15) is 18.1 Å². The maximum Gasteiger partial charge on any atom is 0.326 e. The highest BCUT2D eigenvalue weighted by Crippen LogP contribution is 2.04. The lowest BCUT2D eigenvalue weighted by atomic mass is 10.1. The van der Waals surface area contributed by atoms with Crippen LogP contribution in [0.4, 0.5) is 0 Å². The van der Waals surface area contributed by atoms with Crippen LogP contribution in [0.2, 0.25) is 0 Å². The molecule has 0 aliphatic carbocycles. The largest absolute Gasteiger partial charge is 0.480 e. The van der Waals surface area contributed by atoms with Gasteiger partial charge in [-0.2, -0.15) is 5.48 Å². The Morgan fingerprint density at radius 2 is 1.56 bits per heavy atom. The van der Waals surface area contributed by atoms with Crippen molar-refractivity contribution in [3.8, 4) is 0 Å². The maximum absolute atomic E-state index is 12.2. The fourth-order valence-electron chi connectivity index (χ4n) is 2.22. The van der Waals surface area contributed by atoms with Crippen molar-refractivity contribution in [1.82, 2.24) is 10.8 Å². The molecule has 0 spiro atoms. The third kappa shape index (κ3) is 6.37. The summed E-state index contributed by atoms with van der Waals surface area (Å²) in [6.07, 6.45) is 0.222. The van der Waals surface area contributed by atoms with Crippen molar-refractivity contribution >= 4 is 11.9 Å². The topological polar surface area (TPSA) is 87.7 Å². The van der Waals surface area contributed by atoms with Crippen LogP contribution in [0.3, 0.4) is 0 Å². The standard InChI is InChI=1S/C19H22N2O4/c1-14(21-25-13-16-10-6-3-7-11-16)18(22)20-17(19(23)24)12-15-8-4-2-5-9-15/h2-11,14,17,21H,12-13H2,1H3,(H,20,22)(H,23,24)/t14-,17-/m0/s1. The predicted octanol–water partition coefficient (Wildman–Crippen LogP) is 1.91. The summed E-state index contributed by atoms with van der Waals surface area (Å²) < 4.78 is 0. The highest BCUT2D eigenvalue weighted by molar-refractivity contribution is 5.86. The van der Waals surface area contributed by atoms with E-state index in [1.807, 2.05) is 60.7 Å². The van der Waals surface area contributed by atoms with Crippen LogP contribution < -0.4 is 10.8 Å². The molecule has 3 N–H and O–H groups in total. The number of carbonyl (C=O) groups excluding carboxylic acids is 1. The van der Waals surface area contributed by atoms with Gasteiger partial charge < -0.3 is 10.4 Å². The molecule has 6 heteroatoms. The van der Waals surface area contributed by atoms with Gasteiger partial charge in [0.15, 0.2) is 0 Å². The second-order valence-electron chi connectivity index (χ2n) is 5.70. The lowest BCUT2D eigenvalue weighted by molar-refractivity contribution is -0.142. The average molecular weight is 342 g/mol. The molecule has 2 aromatic carbocycles. The first kappa shape index (κ1) is 18.6. The van der Waals surface area contributed by atoms with Crippen molar-refractivity contribution in [2.45, 2.75) is 32.0 Å². The molecule has 0 unspecified atom stereocenters. The number of hydroxylamine groups is 1. The SMILES string of the molecule is C[C@H](NOCc1ccccc1)C(=O)N[C@@H](Cc1ccccc1)C(=O)O. The zero-order chi connectivity index (χ0) is 18.1. The summed E-state index contributed by atoms with van der Waals surface area (Å²) in [6.45, 7) is 1.92. The van der Waals surface area contributed by atoms with Crippen molar-refractivity contribution in [3.05, 3.63) is 71.8 Å². The lowest BCUT2D eigenvalue weighted by Crippen LogP contribution is -2.49. The molecule has 0 fully saturated rings. The lowest BCUT2D eigenvalue weighted by Gasteiger charge is -2.18. The number of hydrogen-bond donors (Lipinski definition) is 3. The number of aliphatic carboxylic acids is 1. The van der Waals surface area contributed by atoms with E-state index in [0.717, 1.165) is 11.1 Å². The van der Waals surface area contributed by atoms with Crippen LogP contribution in [0.25, 0.3) is 0 Å². The van der Waals surface area contributed by atoms with E-state index in [2.05, 4.69) is 10.8 Å². The smallest absolute Gasteiger partial charge is 0.326 e. The van der Waals surface area contributed by atoms with Crippen LogP contribution in [0.5, 0.6) is 0 Å². The van der Waals surface area contributed by atoms with E-state index in [1.165, 1.54) is 0 Å². The molecular formula is C19H22N2O4. The Balaban J connectivity index is 1.81. The normalized spacial score (nSPS) is 13.0. The van der Waals surface area contributed by atoms with E-state index < -0.39 is 24.0 Å². The summed E-state index contributed by atoms with van der Waals surface area (Å²) in [5, 5.41) is 11.9. The summed E-state index contributed by atoms with van der Waals surface area (Å²) >= 11 is 0. The van der Waals surface area contributed by atoms with Crippen molar-refractivity contribution < 1.29 is 19.5 Å². The Kier molecular flexibility index (Phi) is 7.13. The number of carbonyl (C=O) groups is 2. The average Bonchev–Trinajstić information content (AvgIpc) is 2.62. The minimum Gasteiger partial charge on any atom is -0.480 e. The van der Waals surface area contributed by atoms with Gasteiger partial charge in [-0.3, -0.25) is 9.63 Å². The molecule has 0 heterocycles. The Morgan fingerprint density at radius 1 is 1.00 bits per heavy atom. The van der Waals surface area contributed by atoms with E-state index in [0.29, 0.717) is 6.61 Å². The van der Waals surface area contributed by atoms with Crippen LogP contribution in [-0.4, -0.2) is 29.1 Å². The number of carboxylic acids is 1. The van der Waals surface area contributed by atoms with E-state index >= 15 is 0 Å².